The molecule has 0 aliphatic heterocycles. The minimum absolute atomic E-state index is 0.0306. The first kappa shape index (κ1) is 12.5. The van der Waals surface area contributed by atoms with Gasteiger partial charge in [-0.25, -0.2) is 4.98 Å². The van der Waals surface area contributed by atoms with Crippen LogP contribution in [0.1, 0.15) is 5.56 Å². The van der Waals surface area contributed by atoms with Crippen molar-refractivity contribution in [1.82, 2.24) is 4.98 Å². The van der Waals surface area contributed by atoms with Crippen LogP contribution in [-0.4, -0.2) is 13.4 Å². The zero-order valence-corrected chi connectivity index (χ0v) is 10.3. The van der Waals surface area contributed by atoms with Gasteiger partial charge in [-0.05, 0) is 31.2 Å². The molecular formula is C12H10FNO3S. The Morgan fingerprint density at radius 3 is 2.33 bits per heavy atom. The Hall–Kier alpha value is -1.95. The highest BCUT2D eigenvalue weighted by atomic mass is 32.2. The summed E-state index contributed by atoms with van der Waals surface area (Å²) in [6.07, 6.45) is 1.01. The third kappa shape index (κ3) is 2.84. The van der Waals surface area contributed by atoms with Gasteiger partial charge < -0.3 is 4.18 Å². The van der Waals surface area contributed by atoms with Gasteiger partial charge in [0.05, 0.1) is 6.20 Å². The van der Waals surface area contributed by atoms with Crippen molar-refractivity contribution in [1.29, 1.82) is 0 Å². The fraction of sp³-hybridized carbons (Fsp3) is 0.0833. The molecule has 0 aliphatic carbocycles. The molecule has 6 heteroatoms. The predicted octanol–water partition coefficient (Wildman–Crippen LogP) is 2.30. The molecule has 4 nitrogen and oxygen atoms in total. The molecule has 0 spiro atoms. The van der Waals surface area contributed by atoms with Gasteiger partial charge >= 0.3 is 10.1 Å². The summed E-state index contributed by atoms with van der Waals surface area (Å²) in [7, 11) is -3.91. The van der Waals surface area contributed by atoms with Crippen molar-refractivity contribution >= 4 is 10.1 Å². The number of aromatic nitrogens is 1. The Bertz CT molecular complexity index is 636. The summed E-state index contributed by atoms with van der Waals surface area (Å²) in [5.41, 5.74) is 0.942. The predicted molar refractivity (Wildman–Crippen MR) is 63.2 cm³/mol. The SMILES string of the molecule is Cc1ccc(S(=O)(=O)Oc2ccc(F)nc2)cc1. The van der Waals surface area contributed by atoms with Crippen molar-refractivity contribution in [3.63, 3.8) is 0 Å². The van der Waals surface area contributed by atoms with Crippen molar-refractivity contribution in [2.45, 2.75) is 11.8 Å². The quantitative estimate of drug-likeness (QED) is 0.632. The van der Waals surface area contributed by atoms with Crippen molar-refractivity contribution in [3.8, 4) is 5.75 Å². The van der Waals surface area contributed by atoms with Crippen LogP contribution >= 0.6 is 0 Å². The maximum Gasteiger partial charge on any atom is 0.339 e. The van der Waals surface area contributed by atoms with E-state index in [4.69, 9.17) is 4.18 Å². The van der Waals surface area contributed by atoms with Crippen LogP contribution in [0.2, 0.25) is 0 Å². The molecule has 18 heavy (non-hydrogen) atoms. The first-order chi connectivity index (χ1) is 8.47. The first-order valence-electron chi connectivity index (χ1n) is 5.10. The van der Waals surface area contributed by atoms with E-state index in [9.17, 15) is 12.8 Å². The van der Waals surface area contributed by atoms with Crippen LogP contribution in [0.15, 0.2) is 47.5 Å². The summed E-state index contributed by atoms with van der Waals surface area (Å²) in [5.74, 6) is -0.730. The minimum atomic E-state index is -3.91. The highest BCUT2D eigenvalue weighted by Gasteiger charge is 2.16. The molecule has 0 atom stereocenters. The van der Waals surface area contributed by atoms with E-state index in [1.165, 1.54) is 18.2 Å². The highest BCUT2D eigenvalue weighted by Crippen LogP contribution is 2.18. The molecule has 0 amide bonds. The smallest absolute Gasteiger partial charge is 0.339 e. The van der Waals surface area contributed by atoms with Gasteiger partial charge in [0.15, 0.2) is 5.75 Å². The summed E-state index contributed by atoms with van der Waals surface area (Å²) in [6.45, 7) is 1.85. The van der Waals surface area contributed by atoms with Crippen LogP contribution in [0, 0.1) is 12.9 Å². The van der Waals surface area contributed by atoms with Crippen LogP contribution in [0.4, 0.5) is 4.39 Å². The van der Waals surface area contributed by atoms with Gasteiger partial charge in [0, 0.05) is 0 Å². The second-order valence-electron chi connectivity index (χ2n) is 3.67. The Kier molecular flexibility index (Phi) is 3.29. The minimum Gasteiger partial charge on any atom is -0.377 e. The number of hydrogen-bond donors (Lipinski definition) is 0. The average molecular weight is 267 g/mol. The topological polar surface area (TPSA) is 56.3 Å². The van der Waals surface area contributed by atoms with E-state index < -0.39 is 16.1 Å². The van der Waals surface area contributed by atoms with E-state index in [-0.39, 0.29) is 10.6 Å². The summed E-state index contributed by atoms with van der Waals surface area (Å²) >= 11 is 0. The van der Waals surface area contributed by atoms with E-state index in [0.717, 1.165) is 17.8 Å². The van der Waals surface area contributed by atoms with Gasteiger partial charge in [-0.2, -0.15) is 12.8 Å². The molecule has 0 radical (unpaired) electrons. The van der Waals surface area contributed by atoms with E-state index in [2.05, 4.69) is 4.98 Å². The zero-order valence-electron chi connectivity index (χ0n) is 9.50. The Balaban J connectivity index is 2.27. The average Bonchev–Trinajstić information content (AvgIpc) is 2.32. The van der Waals surface area contributed by atoms with Gasteiger partial charge in [-0.1, -0.05) is 17.7 Å². The summed E-state index contributed by atoms with van der Waals surface area (Å²) in [4.78, 5) is 3.35. The molecule has 0 saturated carbocycles. The van der Waals surface area contributed by atoms with Crippen LogP contribution < -0.4 is 4.18 Å². The second kappa shape index (κ2) is 4.73. The molecular weight excluding hydrogens is 257 g/mol. The zero-order chi connectivity index (χ0) is 13.2. The second-order valence-corrected chi connectivity index (χ2v) is 5.21. The highest BCUT2D eigenvalue weighted by molar-refractivity contribution is 7.87. The third-order valence-electron chi connectivity index (χ3n) is 2.22. The van der Waals surface area contributed by atoms with Gasteiger partial charge in [-0.3, -0.25) is 0 Å². The summed E-state index contributed by atoms with van der Waals surface area (Å²) in [5, 5.41) is 0. The molecule has 2 aromatic rings. The van der Waals surface area contributed by atoms with Gasteiger partial charge in [0.2, 0.25) is 5.95 Å². The Morgan fingerprint density at radius 1 is 1.11 bits per heavy atom. The van der Waals surface area contributed by atoms with Crippen LogP contribution in [0.3, 0.4) is 0 Å². The monoisotopic (exact) mass is 267 g/mol. The first-order valence-corrected chi connectivity index (χ1v) is 6.51. The number of rotatable bonds is 3. The number of hydrogen-bond acceptors (Lipinski definition) is 4. The van der Waals surface area contributed by atoms with Crippen LogP contribution in [0.25, 0.3) is 0 Å². The van der Waals surface area contributed by atoms with E-state index in [0.29, 0.717) is 0 Å². The number of halogens is 1. The summed E-state index contributed by atoms with van der Waals surface area (Å²) in [6, 6.07) is 8.45. The largest absolute Gasteiger partial charge is 0.377 e. The number of pyridine rings is 1. The number of aryl methyl sites for hydroxylation is 1. The molecule has 0 N–H and O–H groups in total. The molecule has 0 unspecified atom stereocenters. The number of benzene rings is 1. The molecule has 2 rings (SSSR count). The molecule has 0 bridgehead atoms. The Labute approximate surface area is 104 Å². The lowest BCUT2D eigenvalue weighted by Gasteiger charge is -2.06. The molecule has 94 valence electrons. The lowest BCUT2D eigenvalue weighted by Crippen LogP contribution is -2.09. The standard InChI is InChI=1S/C12H10FNO3S/c1-9-2-5-11(6-3-9)18(15,16)17-10-4-7-12(13)14-8-10/h2-8H,1H3. The maximum atomic E-state index is 12.6. The number of nitrogens with zero attached hydrogens (tertiary/aromatic N) is 1. The van der Waals surface area contributed by atoms with Crippen molar-refractivity contribution < 1.29 is 17.0 Å². The lowest BCUT2D eigenvalue weighted by atomic mass is 10.2. The molecule has 0 aliphatic rings. The van der Waals surface area contributed by atoms with E-state index >= 15 is 0 Å². The molecule has 0 saturated heterocycles. The van der Waals surface area contributed by atoms with Gasteiger partial charge in [0.1, 0.15) is 4.90 Å². The summed E-state index contributed by atoms with van der Waals surface area (Å²) < 4.78 is 41.1. The van der Waals surface area contributed by atoms with Crippen molar-refractivity contribution in [2.24, 2.45) is 0 Å². The molecule has 0 fully saturated rings. The van der Waals surface area contributed by atoms with Crippen molar-refractivity contribution in [2.75, 3.05) is 0 Å². The van der Waals surface area contributed by atoms with Gasteiger partial charge in [0.25, 0.3) is 0 Å². The fourth-order valence-corrected chi connectivity index (χ4v) is 2.21. The normalized spacial score (nSPS) is 11.2. The molecule has 1 aromatic heterocycles. The van der Waals surface area contributed by atoms with Crippen LogP contribution in [-0.2, 0) is 10.1 Å². The fourth-order valence-electron chi connectivity index (χ4n) is 1.29. The van der Waals surface area contributed by atoms with Crippen LogP contribution in [0.5, 0.6) is 5.75 Å². The molecule has 1 heterocycles. The van der Waals surface area contributed by atoms with E-state index in [1.807, 2.05) is 6.92 Å². The van der Waals surface area contributed by atoms with Gasteiger partial charge in [-0.15, -0.1) is 0 Å². The van der Waals surface area contributed by atoms with E-state index in [1.54, 1.807) is 12.1 Å². The maximum absolute atomic E-state index is 12.6. The Morgan fingerprint density at radius 2 is 1.78 bits per heavy atom. The van der Waals surface area contributed by atoms with Crippen molar-refractivity contribution in [3.05, 3.63) is 54.1 Å². The lowest BCUT2D eigenvalue weighted by molar-refractivity contribution is 0.481. The molecule has 1 aromatic carbocycles. The third-order valence-corrected chi connectivity index (χ3v) is 3.48.